The molecule has 0 bridgehead atoms. The maximum absolute atomic E-state index is 12.0. The molecule has 1 aromatic heterocycles. The van der Waals surface area contributed by atoms with E-state index in [1.165, 1.54) is 5.56 Å². The van der Waals surface area contributed by atoms with Gasteiger partial charge < -0.3 is 10.6 Å². The molecule has 7 heteroatoms. The summed E-state index contributed by atoms with van der Waals surface area (Å²) in [6, 6.07) is 15.8. The van der Waals surface area contributed by atoms with Gasteiger partial charge in [0.05, 0.1) is 10.9 Å². The first-order valence-corrected chi connectivity index (χ1v) is 9.12. The Morgan fingerprint density at radius 2 is 2.00 bits per heavy atom. The highest BCUT2D eigenvalue weighted by atomic mass is 32.2. The van der Waals surface area contributed by atoms with Crippen LogP contribution in [-0.2, 0) is 12.3 Å². The van der Waals surface area contributed by atoms with Crippen molar-refractivity contribution in [1.29, 1.82) is 0 Å². The van der Waals surface area contributed by atoms with Crippen molar-refractivity contribution >= 4 is 45.2 Å². The van der Waals surface area contributed by atoms with Crippen molar-refractivity contribution in [3.8, 4) is 0 Å². The Morgan fingerprint density at radius 3 is 2.76 bits per heavy atom. The maximum atomic E-state index is 12.0. The van der Waals surface area contributed by atoms with Crippen molar-refractivity contribution < 1.29 is 0 Å². The molecule has 0 radical (unpaired) electrons. The zero-order chi connectivity index (χ0) is 17.8. The molecule has 0 amide bonds. The highest BCUT2D eigenvalue weighted by Gasteiger charge is 2.09. The smallest absolute Gasteiger partial charge is 0.260 e. The van der Waals surface area contributed by atoms with Gasteiger partial charge in [0.15, 0.2) is 0 Å². The van der Waals surface area contributed by atoms with Crippen LogP contribution in [0.25, 0.3) is 10.9 Å². The van der Waals surface area contributed by atoms with E-state index in [1.54, 1.807) is 11.8 Å². The fourth-order valence-electron chi connectivity index (χ4n) is 2.47. The van der Waals surface area contributed by atoms with Gasteiger partial charge in [-0.05, 0) is 23.3 Å². The summed E-state index contributed by atoms with van der Waals surface area (Å²) in [5.41, 5.74) is 8.17. The minimum atomic E-state index is -0.229. The molecule has 5 nitrogen and oxygen atoms in total. The number of nitrogen functional groups attached to an aromatic ring is 1. The first-order valence-electron chi connectivity index (χ1n) is 7.73. The lowest BCUT2D eigenvalue weighted by atomic mass is 10.1. The normalized spacial score (nSPS) is 10.8. The van der Waals surface area contributed by atoms with Crippen molar-refractivity contribution in [3.05, 3.63) is 70.0 Å². The number of hydrogen-bond acceptors (Lipinski definition) is 5. The number of rotatable bonds is 4. The van der Waals surface area contributed by atoms with Gasteiger partial charge in [-0.3, -0.25) is 9.78 Å². The lowest BCUT2D eigenvalue weighted by Gasteiger charge is -2.19. The van der Waals surface area contributed by atoms with Crippen molar-refractivity contribution in [2.24, 2.45) is 0 Å². The first kappa shape index (κ1) is 17.4. The molecule has 0 spiro atoms. The van der Waals surface area contributed by atoms with Crippen LogP contribution in [-0.4, -0.2) is 26.2 Å². The Kier molecular flexibility index (Phi) is 5.35. The van der Waals surface area contributed by atoms with Crippen LogP contribution in [0.15, 0.2) is 53.3 Å². The molecule has 2 aromatic carbocycles. The van der Waals surface area contributed by atoms with Crippen molar-refractivity contribution in [1.82, 2.24) is 14.9 Å². The number of thioether (sulfide) groups is 1. The van der Waals surface area contributed by atoms with E-state index in [2.05, 4.69) is 22.1 Å². The molecule has 0 atom stereocenters. The number of thiocarbonyl (C=S) groups is 1. The van der Waals surface area contributed by atoms with Gasteiger partial charge in [0, 0.05) is 19.3 Å². The Labute approximate surface area is 155 Å². The van der Waals surface area contributed by atoms with Crippen LogP contribution in [0.1, 0.15) is 11.1 Å². The molecular formula is C18H18N4OS2. The molecule has 0 saturated carbocycles. The molecule has 1 heterocycles. The summed E-state index contributed by atoms with van der Waals surface area (Å²) in [6.45, 7) is 0.625. The number of nitrogens with zero attached hydrogens (tertiary/aromatic N) is 2. The Morgan fingerprint density at radius 1 is 1.24 bits per heavy atom. The van der Waals surface area contributed by atoms with Crippen LogP contribution in [0.3, 0.4) is 0 Å². The lowest BCUT2D eigenvalue weighted by Crippen LogP contribution is -2.22. The summed E-state index contributed by atoms with van der Waals surface area (Å²) in [5.74, 6) is 0.964. The van der Waals surface area contributed by atoms with Crippen molar-refractivity contribution in [3.63, 3.8) is 0 Å². The third kappa shape index (κ3) is 4.37. The van der Waals surface area contributed by atoms with Crippen LogP contribution in [0.5, 0.6) is 0 Å². The second-order valence-corrected chi connectivity index (χ2v) is 7.31. The second kappa shape index (κ2) is 7.67. The number of nitrogens with two attached hydrogens (primary N) is 1. The number of benzene rings is 2. The second-order valence-electron chi connectivity index (χ2n) is 5.70. The summed E-state index contributed by atoms with van der Waals surface area (Å²) in [6.07, 6.45) is 0. The number of aromatic amines is 1. The van der Waals surface area contributed by atoms with E-state index in [0.717, 1.165) is 15.6 Å². The molecule has 25 heavy (non-hydrogen) atoms. The summed E-state index contributed by atoms with van der Waals surface area (Å²) >= 11 is 7.13. The number of hydrogen-bond donors (Lipinski definition) is 2. The number of fused-ring (bicyclic) bond motifs is 1. The van der Waals surface area contributed by atoms with E-state index in [4.69, 9.17) is 18.0 Å². The summed E-state index contributed by atoms with van der Waals surface area (Å²) < 4.78 is 0.813. The van der Waals surface area contributed by atoms with Crippen molar-refractivity contribution in [2.45, 2.75) is 12.3 Å². The zero-order valence-electron chi connectivity index (χ0n) is 13.7. The standard InChI is InChI=1S/C18H18N4OS2/c1-22(18(24)25-11-12-5-3-2-4-6-12)10-13-7-8-15-14(9-13)16(23)21-17(19)20-15/h2-9H,10-11H2,1H3,(H3,19,20,21,23). The van der Waals surface area contributed by atoms with E-state index in [0.29, 0.717) is 17.4 Å². The van der Waals surface area contributed by atoms with Crippen LogP contribution < -0.4 is 11.3 Å². The average molecular weight is 371 g/mol. The van der Waals surface area contributed by atoms with Crippen LogP contribution >= 0.6 is 24.0 Å². The van der Waals surface area contributed by atoms with Gasteiger partial charge in [0.2, 0.25) is 5.95 Å². The van der Waals surface area contributed by atoms with Gasteiger partial charge in [-0.25, -0.2) is 4.98 Å². The van der Waals surface area contributed by atoms with E-state index < -0.39 is 0 Å². The van der Waals surface area contributed by atoms with Crippen molar-refractivity contribution in [2.75, 3.05) is 12.8 Å². The third-order valence-electron chi connectivity index (χ3n) is 3.72. The monoisotopic (exact) mass is 370 g/mol. The highest BCUT2D eigenvalue weighted by Crippen LogP contribution is 2.18. The lowest BCUT2D eigenvalue weighted by molar-refractivity contribution is 0.519. The fourth-order valence-corrected chi connectivity index (χ4v) is 3.48. The molecule has 0 fully saturated rings. The van der Waals surface area contributed by atoms with E-state index in [9.17, 15) is 4.79 Å². The number of nitrogens with one attached hydrogen (secondary N) is 1. The van der Waals surface area contributed by atoms with Gasteiger partial charge in [0.25, 0.3) is 5.56 Å². The molecule has 3 rings (SSSR count). The van der Waals surface area contributed by atoms with Crippen LogP contribution in [0.4, 0.5) is 5.95 Å². The van der Waals surface area contributed by atoms with Gasteiger partial charge in [0.1, 0.15) is 4.32 Å². The van der Waals surface area contributed by atoms with Crippen LogP contribution in [0.2, 0.25) is 0 Å². The largest absolute Gasteiger partial charge is 0.369 e. The average Bonchev–Trinajstić information content (AvgIpc) is 2.61. The van der Waals surface area contributed by atoms with Gasteiger partial charge in [-0.15, -0.1) is 0 Å². The molecule has 0 saturated heterocycles. The Hall–Kier alpha value is -2.38. The van der Waals surface area contributed by atoms with E-state index in [1.807, 2.05) is 48.3 Å². The summed E-state index contributed by atoms with van der Waals surface area (Å²) in [4.78, 5) is 20.7. The third-order valence-corrected chi connectivity index (χ3v) is 5.43. The quantitative estimate of drug-likeness (QED) is 0.687. The maximum Gasteiger partial charge on any atom is 0.260 e. The zero-order valence-corrected chi connectivity index (χ0v) is 15.4. The molecule has 128 valence electrons. The molecular weight excluding hydrogens is 352 g/mol. The predicted octanol–water partition coefficient (Wildman–Crippen LogP) is 3.16. The van der Waals surface area contributed by atoms with Gasteiger partial charge in [-0.1, -0.05) is 60.4 Å². The molecule has 0 aliphatic rings. The molecule has 0 unspecified atom stereocenters. The Bertz CT molecular complexity index is 956. The SMILES string of the molecule is CN(Cc1ccc2nc(N)[nH]c(=O)c2c1)C(=S)SCc1ccccc1. The number of H-pyrrole nitrogens is 1. The van der Waals surface area contributed by atoms with E-state index in [-0.39, 0.29) is 11.5 Å². The number of aromatic nitrogens is 2. The first-order chi connectivity index (χ1) is 12.0. The minimum Gasteiger partial charge on any atom is -0.369 e. The highest BCUT2D eigenvalue weighted by molar-refractivity contribution is 8.22. The summed E-state index contributed by atoms with van der Waals surface area (Å²) in [5, 5.41) is 0.531. The number of anilines is 1. The van der Waals surface area contributed by atoms with Gasteiger partial charge in [-0.2, -0.15) is 0 Å². The minimum absolute atomic E-state index is 0.126. The van der Waals surface area contributed by atoms with E-state index >= 15 is 0 Å². The molecule has 0 aliphatic heterocycles. The Balaban J connectivity index is 1.68. The fraction of sp³-hybridized carbons (Fsp3) is 0.167. The topological polar surface area (TPSA) is 75.0 Å². The van der Waals surface area contributed by atoms with Gasteiger partial charge >= 0.3 is 0 Å². The molecule has 3 aromatic rings. The molecule has 0 aliphatic carbocycles. The molecule has 3 N–H and O–H groups in total. The predicted molar refractivity (Wildman–Crippen MR) is 109 cm³/mol. The van der Waals surface area contributed by atoms with Crippen LogP contribution in [0, 0.1) is 0 Å². The summed E-state index contributed by atoms with van der Waals surface area (Å²) in [7, 11) is 1.95.